The van der Waals surface area contributed by atoms with Gasteiger partial charge in [-0.15, -0.1) is 0 Å². The van der Waals surface area contributed by atoms with Crippen molar-refractivity contribution >= 4 is 0 Å². The van der Waals surface area contributed by atoms with Crippen LogP contribution in [-0.2, 0) is 0 Å². The summed E-state index contributed by atoms with van der Waals surface area (Å²) in [6.45, 7) is 0. The molecule has 106 valence electrons. The first-order valence-electron chi connectivity index (χ1n) is 5.90. The SMILES string of the molecule is Fc1cc(F)cc(-c2coc(-c3cc(F)cc(F)c3)n2)c1. The van der Waals surface area contributed by atoms with Crippen LogP contribution >= 0.6 is 0 Å². The Morgan fingerprint density at radius 3 is 1.67 bits per heavy atom. The van der Waals surface area contributed by atoms with E-state index in [0.29, 0.717) is 0 Å². The fourth-order valence-corrected chi connectivity index (χ4v) is 1.92. The molecule has 0 spiro atoms. The number of halogens is 4. The lowest BCUT2D eigenvalue weighted by Gasteiger charge is -1.98. The second kappa shape index (κ2) is 5.05. The molecule has 0 saturated carbocycles. The van der Waals surface area contributed by atoms with Gasteiger partial charge in [0.25, 0.3) is 0 Å². The second-order valence-corrected chi connectivity index (χ2v) is 4.35. The van der Waals surface area contributed by atoms with Crippen LogP contribution in [0.3, 0.4) is 0 Å². The smallest absolute Gasteiger partial charge is 0.226 e. The highest BCUT2D eigenvalue weighted by Gasteiger charge is 2.12. The number of hydrogen-bond acceptors (Lipinski definition) is 2. The van der Waals surface area contributed by atoms with E-state index in [1.54, 1.807) is 0 Å². The van der Waals surface area contributed by atoms with E-state index in [1.165, 1.54) is 0 Å². The Morgan fingerprint density at radius 2 is 1.14 bits per heavy atom. The Balaban J connectivity index is 2.03. The van der Waals surface area contributed by atoms with Crippen LogP contribution in [0.25, 0.3) is 22.7 Å². The van der Waals surface area contributed by atoms with E-state index in [-0.39, 0.29) is 22.7 Å². The van der Waals surface area contributed by atoms with Crippen LogP contribution in [0.1, 0.15) is 0 Å². The molecule has 21 heavy (non-hydrogen) atoms. The molecule has 0 aliphatic carbocycles. The number of nitrogens with zero attached hydrogens (tertiary/aromatic N) is 1. The van der Waals surface area contributed by atoms with Crippen molar-refractivity contribution in [2.24, 2.45) is 0 Å². The third-order valence-electron chi connectivity index (χ3n) is 2.77. The zero-order valence-electron chi connectivity index (χ0n) is 10.4. The molecule has 6 heteroatoms. The first-order chi connectivity index (χ1) is 10.0. The molecule has 0 saturated heterocycles. The maximum absolute atomic E-state index is 13.2. The molecule has 0 aliphatic rings. The highest BCUT2D eigenvalue weighted by molar-refractivity contribution is 5.62. The highest BCUT2D eigenvalue weighted by atomic mass is 19.1. The Bertz CT molecular complexity index is 707. The van der Waals surface area contributed by atoms with E-state index < -0.39 is 23.3 Å². The van der Waals surface area contributed by atoms with Gasteiger partial charge in [-0.1, -0.05) is 0 Å². The van der Waals surface area contributed by atoms with Gasteiger partial charge >= 0.3 is 0 Å². The lowest BCUT2D eigenvalue weighted by Crippen LogP contribution is -1.86. The van der Waals surface area contributed by atoms with Crippen molar-refractivity contribution in [2.45, 2.75) is 0 Å². The van der Waals surface area contributed by atoms with Gasteiger partial charge < -0.3 is 4.42 Å². The maximum Gasteiger partial charge on any atom is 0.226 e. The van der Waals surface area contributed by atoms with Gasteiger partial charge in [0, 0.05) is 23.3 Å². The molecular weight excluding hydrogens is 286 g/mol. The van der Waals surface area contributed by atoms with Crippen LogP contribution in [-0.4, -0.2) is 4.98 Å². The molecule has 0 unspecified atom stereocenters. The average molecular weight is 293 g/mol. The standard InChI is InChI=1S/C15H7F4NO/c16-10-1-8(2-11(17)5-10)14-7-21-15(20-14)9-3-12(18)6-13(19)4-9/h1-7H. The summed E-state index contributed by atoms with van der Waals surface area (Å²) in [6, 6.07) is 5.70. The molecule has 0 aliphatic heterocycles. The minimum Gasteiger partial charge on any atom is -0.444 e. The van der Waals surface area contributed by atoms with Gasteiger partial charge in [0.05, 0.1) is 0 Å². The summed E-state index contributed by atoms with van der Waals surface area (Å²) in [5.74, 6) is -3.12. The van der Waals surface area contributed by atoms with Gasteiger partial charge in [-0.3, -0.25) is 0 Å². The predicted molar refractivity (Wildman–Crippen MR) is 67.2 cm³/mol. The fraction of sp³-hybridized carbons (Fsp3) is 0. The Morgan fingerprint density at radius 1 is 0.667 bits per heavy atom. The second-order valence-electron chi connectivity index (χ2n) is 4.35. The van der Waals surface area contributed by atoms with Crippen molar-refractivity contribution in [1.29, 1.82) is 0 Å². The molecule has 0 N–H and O–H groups in total. The molecule has 3 aromatic rings. The summed E-state index contributed by atoms with van der Waals surface area (Å²) in [5.41, 5.74) is 0.420. The van der Waals surface area contributed by atoms with Crippen molar-refractivity contribution in [2.75, 3.05) is 0 Å². The molecule has 0 atom stereocenters. The topological polar surface area (TPSA) is 26.0 Å². The molecule has 0 bridgehead atoms. The Hall–Kier alpha value is -2.63. The number of hydrogen-bond donors (Lipinski definition) is 0. The van der Waals surface area contributed by atoms with Gasteiger partial charge in [0.1, 0.15) is 35.2 Å². The zero-order valence-corrected chi connectivity index (χ0v) is 10.4. The molecule has 0 fully saturated rings. The molecule has 1 aromatic heterocycles. The monoisotopic (exact) mass is 293 g/mol. The lowest BCUT2D eigenvalue weighted by molar-refractivity contribution is 0.563. The summed E-state index contributed by atoms with van der Waals surface area (Å²) in [4.78, 5) is 3.98. The van der Waals surface area contributed by atoms with Crippen LogP contribution in [0, 0.1) is 23.3 Å². The number of oxazole rings is 1. The lowest BCUT2D eigenvalue weighted by atomic mass is 10.1. The highest BCUT2D eigenvalue weighted by Crippen LogP contribution is 2.26. The van der Waals surface area contributed by atoms with Gasteiger partial charge in [0.2, 0.25) is 5.89 Å². The molecule has 3 rings (SSSR count). The van der Waals surface area contributed by atoms with Gasteiger partial charge in [-0.05, 0) is 24.3 Å². The van der Waals surface area contributed by atoms with Crippen molar-refractivity contribution < 1.29 is 22.0 Å². The van der Waals surface area contributed by atoms with E-state index in [2.05, 4.69) is 4.98 Å². The maximum atomic E-state index is 13.2. The zero-order chi connectivity index (χ0) is 15.0. The summed E-state index contributed by atoms with van der Waals surface area (Å²) in [5, 5.41) is 0. The third-order valence-corrected chi connectivity index (χ3v) is 2.77. The van der Waals surface area contributed by atoms with E-state index in [0.717, 1.165) is 42.7 Å². The molecule has 0 amide bonds. The summed E-state index contributed by atoms with van der Waals surface area (Å²) < 4.78 is 57.7. The third kappa shape index (κ3) is 2.79. The van der Waals surface area contributed by atoms with Crippen molar-refractivity contribution in [1.82, 2.24) is 4.98 Å². The summed E-state index contributed by atoms with van der Waals surface area (Å²) in [6.07, 6.45) is 1.16. The Labute approximate surface area is 116 Å². The van der Waals surface area contributed by atoms with E-state index in [1.807, 2.05) is 0 Å². The quantitative estimate of drug-likeness (QED) is 0.647. The first-order valence-corrected chi connectivity index (χ1v) is 5.90. The van der Waals surface area contributed by atoms with Crippen LogP contribution < -0.4 is 0 Å². The van der Waals surface area contributed by atoms with E-state index in [4.69, 9.17) is 4.42 Å². The minimum absolute atomic E-state index is 0.0481. The van der Waals surface area contributed by atoms with Gasteiger partial charge in [-0.25, -0.2) is 22.5 Å². The van der Waals surface area contributed by atoms with E-state index >= 15 is 0 Å². The first kappa shape index (κ1) is 13.4. The summed E-state index contributed by atoms with van der Waals surface area (Å²) >= 11 is 0. The molecular formula is C15H7F4NO. The minimum atomic E-state index is -0.776. The van der Waals surface area contributed by atoms with Crippen LogP contribution in [0.15, 0.2) is 47.1 Å². The molecule has 0 radical (unpaired) electrons. The summed E-state index contributed by atoms with van der Waals surface area (Å²) in [7, 11) is 0. The van der Waals surface area contributed by atoms with Crippen LogP contribution in [0.4, 0.5) is 17.6 Å². The molecule has 2 aromatic carbocycles. The fourth-order valence-electron chi connectivity index (χ4n) is 1.92. The predicted octanol–water partition coefficient (Wildman–Crippen LogP) is 4.57. The van der Waals surface area contributed by atoms with Crippen LogP contribution in [0.5, 0.6) is 0 Å². The molecule has 1 heterocycles. The van der Waals surface area contributed by atoms with Crippen LogP contribution in [0.2, 0.25) is 0 Å². The largest absolute Gasteiger partial charge is 0.444 e. The van der Waals surface area contributed by atoms with Crippen molar-refractivity contribution in [3.8, 4) is 22.7 Å². The van der Waals surface area contributed by atoms with Crippen molar-refractivity contribution in [3.05, 3.63) is 65.9 Å². The number of benzene rings is 2. The van der Waals surface area contributed by atoms with Gasteiger partial charge in [0.15, 0.2) is 0 Å². The Kier molecular flexibility index (Phi) is 3.21. The number of rotatable bonds is 2. The average Bonchev–Trinajstić information content (AvgIpc) is 2.85. The van der Waals surface area contributed by atoms with Gasteiger partial charge in [-0.2, -0.15) is 0 Å². The number of aromatic nitrogens is 1. The normalized spacial score (nSPS) is 10.9. The van der Waals surface area contributed by atoms with Crippen molar-refractivity contribution in [3.63, 3.8) is 0 Å². The van der Waals surface area contributed by atoms with E-state index in [9.17, 15) is 17.6 Å². The molecule has 2 nitrogen and oxygen atoms in total.